The van der Waals surface area contributed by atoms with Gasteiger partial charge in [-0.2, -0.15) is 5.10 Å². The van der Waals surface area contributed by atoms with Crippen molar-refractivity contribution in [2.45, 2.75) is 58.7 Å². The molecule has 0 saturated carbocycles. The van der Waals surface area contributed by atoms with Gasteiger partial charge in [0.1, 0.15) is 34.5 Å². The summed E-state index contributed by atoms with van der Waals surface area (Å²) in [6.07, 6.45) is 7.14. The van der Waals surface area contributed by atoms with Crippen molar-refractivity contribution in [1.82, 2.24) is 34.6 Å². The molecule has 0 radical (unpaired) electrons. The average Bonchev–Trinajstić information content (AvgIpc) is 3.53. The number of carbonyl (C=O) groups is 3. The van der Waals surface area contributed by atoms with E-state index in [1.54, 1.807) is 44.4 Å². The minimum atomic E-state index is -2.68. The van der Waals surface area contributed by atoms with Crippen LogP contribution < -0.4 is 5.32 Å². The van der Waals surface area contributed by atoms with Crippen LogP contribution in [-0.2, 0) is 16.1 Å². The number of aryl methyl sites for hydroxylation is 2. The molecule has 1 aliphatic rings. The maximum atomic E-state index is 13.9. The topological polar surface area (TPSA) is 136 Å². The van der Waals surface area contributed by atoms with Gasteiger partial charge >= 0.3 is 0 Å². The lowest BCUT2D eigenvalue weighted by atomic mass is 9.95. The molecule has 2 amide bonds. The fourth-order valence-corrected chi connectivity index (χ4v) is 5.67. The van der Waals surface area contributed by atoms with Crippen LogP contribution in [0.1, 0.15) is 41.6 Å². The van der Waals surface area contributed by atoms with Gasteiger partial charge in [0, 0.05) is 36.7 Å². The Kier molecular flexibility index (Phi) is 8.78. The number of hydrogen-bond donors (Lipinski definition) is 1. The Morgan fingerprint density at radius 1 is 1.16 bits per heavy atom. The van der Waals surface area contributed by atoms with E-state index < -0.39 is 49.2 Å². The molecule has 1 fully saturated rings. The lowest BCUT2D eigenvalue weighted by Gasteiger charge is -2.28. The van der Waals surface area contributed by atoms with E-state index in [-0.39, 0.29) is 23.7 Å². The van der Waals surface area contributed by atoms with Gasteiger partial charge in [0.05, 0.1) is 23.4 Å². The molecular weight excluding hydrogens is 638 g/mol. The van der Waals surface area contributed by atoms with Crippen molar-refractivity contribution in [1.29, 1.82) is 0 Å². The Hall–Kier alpha value is -4.64. The quantitative estimate of drug-likeness (QED) is 0.167. The van der Waals surface area contributed by atoms with Crippen molar-refractivity contribution < 1.29 is 23.2 Å². The van der Waals surface area contributed by atoms with Crippen molar-refractivity contribution in [3.63, 3.8) is 0 Å². The van der Waals surface area contributed by atoms with E-state index >= 15 is 0 Å². The average molecular weight is 665 g/mol. The van der Waals surface area contributed by atoms with Crippen LogP contribution >= 0.6 is 15.9 Å². The zero-order chi connectivity index (χ0) is 31.7. The van der Waals surface area contributed by atoms with Gasteiger partial charge in [0.2, 0.25) is 18.2 Å². The highest BCUT2D eigenvalue weighted by atomic mass is 79.9. The SMILES string of the molecule is C#C[C@@H]1[C@@H](CC(F)F)C[C@@H](C(=O)Nc2nc(Br)ccc2C)N1C(=O)Cn1nc(C(C)=O)c2cc(-c3cnc(C)nc3)ncc21. The van der Waals surface area contributed by atoms with E-state index in [0.29, 0.717) is 38.2 Å². The molecule has 3 atom stereocenters. The summed E-state index contributed by atoms with van der Waals surface area (Å²) in [5.74, 6) is 0.911. The molecule has 1 saturated heterocycles. The second kappa shape index (κ2) is 12.5. The monoisotopic (exact) mass is 664 g/mol. The number of anilines is 1. The Labute approximate surface area is 259 Å². The molecule has 0 spiro atoms. The van der Waals surface area contributed by atoms with Crippen molar-refractivity contribution in [2.24, 2.45) is 5.92 Å². The molecule has 1 N–H and O–H groups in total. The smallest absolute Gasteiger partial charge is 0.248 e. The lowest BCUT2D eigenvalue weighted by Crippen LogP contribution is -2.48. The highest BCUT2D eigenvalue weighted by Crippen LogP contribution is 2.35. The first-order valence-corrected chi connectivity index (χ1v) is 14.4. The summed E-state index contributed by atoms with van der Waals surface area (Å²) in [5, 5.41) is 7.55. The van der Waals surface area contributed by atoms with Gasteiger partial charge in [-0.25, -0.2) is 23.7 Å². The van der Waals surface area contributed by atoms with Gasteiger partial charge in [-0.05, 0) is 59.8 Å². The van der Waals surface area contributed by atoms with E-state index in [0.717, 1.165) is 0 Å². The highest BCUT2D eigenvalue weighted by molar-refractivity contribution is 9.10. The number of rotatable bonds is 8. The number of ketones is 1. The van der Waals surface area contributed by atoms with Crippen molar-refractivity contribution in [2.75, 3.05) is 5.32 Å². The molecule has 0 aliphatic carbocycles. The van der Waals surface area contributed by atoms with Crippen LogP contribution in [0.2, 0.25) is 0 Å². The third-order valence-corrected chi connectivity index (χ3v) is 7.93. The van der Waals surface area contributed by atoms with E-state index in [4.69, 9.17) is 6.42 Å². The maximum absolute atomic E-state index is 13.9. The number of terminal acetylenes is 1. The zero-order valence-electron chi connectivity index (χ0n) is 24.0. The highest BCUT2D eigenvalue weighted by Gasteiger charge is 2.47. The zero-order valence-corrected chi connectivity index (χ0v) is 25.5. The van der Waals surface area contributed by atoms with E-state index in [1.165, 1.54) is 22.7 Å². The number of alkyl halides is 2. The molecule has 0 unspecified atom stereocenters. The molecule has 4 aromatic rings. The molecule has 226 valence electrons. The summed E-state index contributed by atoms with van der Waals surface area (Å²) in [7, 11) is 0. The van der Waals surface area contributed by atoms with Crippen LogP contribution in [0.15, 0.2) is 41.4 Å². The van der Waals surface area contributed by atoms with Gasteiger partial charge in [-0.15, -0.1) is 6.42 Å². The first-order chi connectivity index (χ1) is 21.0. The lowest BCUT2D eigenvalue weighted by molar-refractivity contribution is -0.138. The Bertz CT molecular complexity index is 1800. The predicted octanol–water partition coefficient (Wildman–Crippen LogP) is 4.38. The first-order valence-electron chi connectivity index (χ1n) is 13.6. The standard InChI is InChI=1S/C30H27BrF2N8O3/c1-5-22-18(9-26(32)33)8-23(30(44)38-29-15(2)6-7-25(31)37-29)41(22)27(43)14-40-24-13-36-21(19-11-34-17(4)35-12-19)10-20(24)28(39-40)16(3)42/h1,6-7,10-13,18,22-23,26H,8-9,14H2,2-4H3,(H,37,38,44)/t18-,22-,23+/m1/s1. The number of nitrogens with one attached hydrogen (secondary N) is 1. The summed E-state index contributed by atoms with van der Waals surface area (Å²) >= 11 is 3.27. The minimum absolute atomic E-state index is 0.0636. The van der Waals surface area contributed by atoms with E-state index in [1.807, 2.05) is 0 Å². The third kappa shape index (κ3) is 6.19. The number of likely N-dealkylation sites (tertiary alicyclic amines) is 1. The van der Waals surface area contributed by atoms with Crippen LogP contribution in [0.4, 0.5) is 14.6 Å². The third-order valence-electron chi connectivity index (χ3n) is 7.49. The number of carbonyl (C=O) groups excluding carboxylic acids is 3. The summed E-state index contributed by atoms with van der Waals surface area (Å²) in [6, 6.07) is 2.90. The Balaban J connectivity index is 1.49. The van der Waals surface area contributed by atoms with Crippen molar-refractivity contribution in [3.05, 3.63) is 58.5 Å². The number of hydrogen-bond acceptors (Lipinski definition) is 8. The number of aromatic nitrogens is 6. The second-order valence-electron chi connectivity index (χ2n) is 10.5. The number of Topliss-reactive ketones (excluding diaryl/α,β-unsaturated/α-hetero) is 1. The summed E-state index contributed by atoms with van der Waals surface area (Å²) < 4.78 is 28.8. The molecule has 4 aromatic heterocycles. The molecular formula is C30H27BrF2N8O3. The second-order valence-corrected chi connectivity index (χ2v) is 11.3. The number of fused-ring (bicyclic) bond motifs is 1. The van der Waals surface area contributed by atoms with Gasteiger partial charge < -0.3 is 10.2 Å². The van der Waals surface area contributed by atoms with Crippen molar-refractivity contribution >= 4 is 50.2 Å². The van der Waals surface area contributed by atoms with E-state index in [9.17, 15) is 23.2 Å². The fourth-order valence-electron chi connectivity index (χ4n) is 5.36. The first kappa shape index (κ1) is 30.8. The van der Waals surface area contributed by atoms with Crippen LogP contribution in [0, 0.1) is 32.1 Å². The number of pyridine rings is 2. The Morgan fingerprint density at radius 2 is 1.89 bits per heavy atom. The molecule has 0 aromatic carbocycles. The molecule has 0 bridgehead atoms. The minimum Gasteiger partial charge on any atom is -0.315 e. The molecule has 5 heterocycles. The van der Waals surface area contributed by atoms with Crippen molar-refractivity contribution in [3.8, 4) is 23.6 Å². The largest absolute Gasteiger partial charge is 0.315 e. The maximum Gasteiger partial charge on any atom is 0.248 e. The fraction of sp³-hybridized carbons (Fsp3) is 0.333. The van der Waals surface area contributed by atoms with Gasteiger partial charge in [0.15, 0.2) is 5.78 Å². The van der Waals surface area contributed by atoms with Gasteiger partial charge in [-0.1, -0.05) is 12.0 Å². The van der Waals surface area contributed by atoms with E-state index in [2.05, 4.69) is 52.2 Å². The van der Waals surface area contributed by atoms with Gasteiger partial charge in [-0.3, -0.25) is 24.0 Å². The summed E-state index contributed by atoms with van der Waals surface area (Å²) in [6.45, 7) is 4.43. The normalized spacial score (nSPS) is 18.0. The molecule has 5 rings (SSSR count). The molecule has 14 heteroatoms. The number of halogens is 3. The summed E-state index contributed by atoms with van der Waals surface area (Å²) in [5.41, 5.74) is 2.29. The molecule has 1 aliphatic heterocycles. The van der Waals surface area contributed by atoms with Crippen LogP contribution in [0.25, 0.3) is 22.2 Å². The molecule has 11 nitrogen and oxygen atoms in total. The summed E-state index contributed by atoms with van der Waals surface area (Å²) in [4.78, 5) is 58.3. The van der Waals surface area contributed by atoms with Crippen LogP contribution in [0.5, 0.6) is 0 Å². The van der Waals surface area contributed by atoms with Crippen LogP contribution in [0.3, 0.4) is 0 Å². The number of amides is 2. The Morgan fingerprint density at radius 3 is 2.55 bits per heavy atom. The molecule has 44 heavy (non-hydrogen) atoms. The number of nitrogens with zero attached hydrogens (tertiary/aromatic N) is 7. The van der Waals surface area contributed by atoms with Crippen LogP contribution in [-0.4, -0.2) is 70.7 Å². The predicted molar refractivity (Wildman–Crippen MR) is 161 cm³/mol. The van der Waals surface area contributed by atoms with Gasteiger partial charge in [0.25, 0.3) is 0 Å².